The highest BCUT2D eigenvalue weighted by Gasteiger charge is 2.28. The van der Waals surface area contributed by atoms with Crippen LogP contribution >= 0.6 is 0 Å². The Hall–Kier alpha value is -1.33. The van der Waals surface area contributed by atoms with Gasteiger partial charge in [0, 0.05) is 26.7 Å². The summed E-state index contributed by atoms with van der Waals surface area (Å²) in [5, 5.41) is 5.92. The summed E-state index contributed by atoms with van der Waals surface area (Å²) in [6.45, 7) is 3.15. The summed E-state index contributed by atoms with van der Waals surface area (Å²) >= 11 is 0. The van der Waals surface area contributed by atoms with E-state index in [4.69, 9.17) is 4.42 Å². The number of hydrogen-bond donors (Lipinski definition) is 2. The molecule has 2 rings (SSSR count). The summed E-state index contributed by atoms with van der Waals surface area (Å²) in [7, 11) is 1.67. The highest BCUT2D eigenvalue weighted by Crippen LogP contribution is 2.10. The van der Waals surface area contributed by atoms with Gasteiger partial charge in [0.1, 0.15) is 11.8 Å². The first-order valence-corrected chi connectivity index (χ1v) is 5.50. The molecule has 2 heterocycles. The van der Waals surface area contributed by atoms with Crippen molar-refractivity contribution >= 4 is 5.91 Å². The molecule has 5 nitrogen and oxygen atoms in total. The number of rotatable bonds is 3. The Balaban J connectivity index is 2.02. The number of likely N-dealkylation sites (N-methyl/N-ethyl adjacent to an activating group) is 1. The summed E-state index contributed by atoms with van der Waals surface area (Å²) in [4.78, 5) is 13.8. The van der Waals surface area contributed by atoms with Crippen LogP contribution in [0.4, 0.5) is 0 Å². The summed E-state index contributed by atoms with van der Waals surface area (Å²) in [6.07, 6.45) is 1.66. The van der Waals surface area contributed by atoms with Gasteiger partial charge in [-0.3, -0.25) is 9.69 Å². The second kappa shape index (κ2) is 5.14. The second-order valence-corrected chi connectivity index (χ2v) is 3.88. The van der Waals surface area contributed by atoms with Crippen molar-refractivity contribution in [3.63, 3.8) is 0 Å². The minimum atomic E-state index is -0.108. The molecule has 1 unspecified atom stereocenters. The molecule has 0 bridgehead atoms. The van der Waals surface area contributed by atoms with Gasteiger partial charge in [0.05, 0.1) is 12.8 Å². The first kappa shape index (κ1) is 11.2. The highest BCUT2D eigenvalue weighted by atomic mass is 16.3. The van der Waals surface area contributed by atoms with Crippen LogP contribution in [0.1, 0.15) is 5.76 Å². The maximum atomic E-state index is 11.7. The fourth-order valence-corrected chi connectivity index (χ4v) is 1.96. The van der Waals surface area contributed by atoms with Crippen molar-refractivity contribution in [2.45, 2.75) is 12.6 Å². The number of carbonyl (C=O) groups is 1. The molecule has 1 aromatic rings. The zero-order valence-corrected chi connectivity index (χ0v) is 9.40. The smallest absolute Gasteiger partial charge is 0.238 e. The first-order valence-electron chi connectivity index (χ1n) is 5.50. The van der Waals surface area contributed by atoms with Gasteiger partial charge in [-0.2, -0.15) is 0 Å². The Bertz CT molecular complexity index is 337. The van der Waals surface area contributed by atoms with Crippen molar-refractivity contribution in [2.75, 3.05) is 26.7 Å². The van der Waals surface area contributed by atoms with Gasteiger partial charge < -0.3 is 15.1 Å². The monoisotopic (exact) mass is 223 g/mol. The van der Waals surface area contributed by atoms with Crippen molar-refractivity contribution in [1.82, 2.24) is 15.5 Å². The van der Waals surface area contributed by atoms with E-state index in [1.807, 2.05) is 12.1 Å². The predicted octanol–water partition coefficient (Wildman–Crippen LogP) is -0.201. The van der Waals surface area contributed by atoms with E-state index < -0.39 is 0 Å². The van der Waals surface area contributed by atoms with Crippen LogP contribution in [0.25, 0.3) is 0 Å². The normalized spacial score (nSPS) is 21.9. The third-order valence-electron chi connectivity index (χ3n) is 2.84. The standard InChI is InChI=1S/C11H17N3O2/c1-12-11(15)10-7-13-4-5-14(10)8-9-3-2-6-16-9/h2-3,6,10,13H,4-5,7-8H2,1H3,(H,12,15). The van der Waals surface area contributed by atoms with Gasteiger partial charge in [-0.25, -0.2) is 0 Å². The maximum absolute atomic E-state index is 11.7. The zero-order valence-electron chi connectivity index (χ0n) is 9.40. The second-order valence-electron chi connectivity index (χ2n) is 3.88. The van der Waals surface area contributed by atoms with Crippen LogP contribution in [0.15, 0.2) is 22.8 Å². The van der Waals surface area contributed by atoms with Crippen LogP contribution in [-0.2, 0) is 11.3 Å². The molecule has 2 N–H and O–H groups in total. The molecule has 5 heteroatoms. The van der Waals surface area contributed by atoms with Crippen LogP contribution in [0.2, 0.25) is 0 Å². The van der Waals surface area contributed by atoms with E-state index in [-0.39, 0.29) is 11.9 Å². The minimum Gasteiger partial charge on any atom is -0.468 e. The molecular weight excluding hydrogens is 206 g/mol. The molecule has 0 spiro atoms. The third-order valence-corrected chi connectivity index (χ3v) is 2.84. The highest BCUT2D eigenvalue weighted by molar-refractivity contribution is 5.81. The number of nitrogens with zero attached hydrogens (tertiary/aromatic N) is 1. The average molecular weight is 223 g/mol. The van der Waals surface area contributed by atoms with Gasteiger partial charge in [-0.15, -0.1) is 0 Å². The Labute approximate surface area is 94.8 Å². The molecule has 1 aliphatic rings. The number of amides is 1. The van der Waals surface area contributed by atoms with E-state index in [0.29, 0.717) is 13.1 Å². The fourth-order valence-electron chi connectivity index (χ4n) is 1.96. The van der Waals surface area contributed by atoms with Crippen molar-refractivity contribution in [2.24, 2.45) is 0 Å². The van der Waals surface area contributed by atoms with E-state index in [1.165, 1.54) is 0 Å². The SMILES string of the molecule is CNC(=O)C1CNCCN1Cc1ccco1. The molecular formula is C11H17N3O2. The van der Waals surface area contributed by atoms with Gasteiger partial charge in [-0.05, 0) is 12.1 Å². The molecule has 1 saturated heterocycles. The van der Waals surface area contributed by atoms with Crippen molar-refractivity contribution in [3.8, 4) is 0 Å². The van der Waals surface area contributed by atoms with E-state index in [1.54, 1.807) is 13.3 Å². The lowest BCUT2D eigenvalue weighted by Gasteiger charge is -2.34. The summed E-state index contributed by atoms with van der Waals surface area (Å²) in [6, 6.07) is 3.69. The third kappa shape index (κ3) is 2.43. The zero-order chi connectivity index (χ0) is 11.4. The lowest BCUT2D eigenvalue weighted by Crippen LogP contribution is -2.56. The van der Waals surface area contributed by atoms with Gasteiger partial charge in [0.25, 0.3) is 0 Å². The van der Waals surface area contributed by atoms with Crippen LogP contribution in [-0.4, -0.2) is 43.5 Å². The van der Waals surface area contributed by atoms with Gasteiger partial charge in [0.2, 0.25) is 5.91 Å². The first-order chi connectivity index (χ1) is 7.81. The van der Waals surface area contributed by atoms with Gasteiger partial charge in [-0.1, -0.05) is 0 Å². The minimum absolute atomic E-state index is 0.0544. The van der Waals surface area contributed by atoms with Crippen LogP contribution in [0, 0.1) is 0 Å². The Morgan fingerprint density at radius 1 is 1.75 bits per heavy atom. The molecule has 1 fully saturated rings. The molecule has 16 heavy (non-hydrogen) atoms. The van der Waals surface area contributed by atoms with E-state index in [9.17, 15) is 4.79 Å². The summed E-state index contributed by atoms with van der Waals surface area (Å²) in [5.41, 5.74) is 0. The number of carbonyl (C=O) groups excluding carboxylic acids is 1. The number of piperazine rings is 1. The van der Waals surface area contributed by atoms with Crippen molar-refractivity contribution < 1.29 is 9.21 Å². The molecule has 0 radical (unpaired) electrons. The molecule has 0 saturated carbocycles. The lowest BCUT2D eigenvalue weighted by molar-refractivity contribution is -0.126. The quantitative estimate of drug-likeness (QED) is 0.745. The predicted molar refractivity (Wildman–Crippen MR) is 59.8 cm³/mol. The molecule has 1 amide bonds. The van der Waals surface area contributed by atoms with E-state index in [2.05, 4.69) is 15.5 Å². The number of nitrogens with one attached hydrogen (secondary N) is 2. The lowest BCUT2D eigenvalue weighted by atomic mass is 10.1. The van der Waals surface area contributed by atoms with Gasteiger partial charge >= 0.3 is 0 Å². The van der Waals surface area contributed by atoms with E-state index in [0.717, 1.165) is 18.8 Å². The fraction of sp³-hybridized carbons (Fsp3) is 0.545. The molecule has 0 aliphatic carbocycles. The van der Waals surface area contributed by atoms with E-state index >= 15 is 0 Å². The molecule has 88 valence electrons. The Morgan fingerprint density at radius 2 is 2.62 bits per heavy atom. The number of furan rings is 1. The van der Waals surface area contributed by atoms with Gasteiger partial charge in [0.15, 0.2) is 0 Å². The van der Waals surface area contributed by atoms with Crippen molar-refractivity contribution in [3.05, 3.63) is 24.2 Å². The molecule has 1 aliphatic heterocycles. The van der Waals surface area contributed by atoms with Crippen LogP contribution in [0.5, 0.6) is 0 Å². The largest absolute Gasteiger partial charge is 0.468 e. The van der Waals surface area contributed by atoms with Crippen LogP contribution in [0.3, 0.4) is 0 Å². The number of hydrogen-bond acceptors (Lipinski definition) is 4. The van der Waals surface area contributed by atoms with Crippen molar-refractivity contribution in [1.29, 1.82) is 0 Å². The molecule has 1 atom stereocenters. The topological polar surface area (TPSA) is 57.5 Å². The molecule has 0 aromatic carbocycles. The Morgan fingerprint density at radius 3 is 3.31 bits per heavy atom. The summed E-state index contributed by atoms with van der Waals surface area (Å²) < 4.78 is 5.30. The maximum Gasteiger partial charge on any atom is 0.238 e. The average Bonchev–Trinajstić information content (AvgIpc) is 2.82. The molecule has 1 aromatic heterocycles. The Kier molecular flexibility index (Phi) is 3.58. The van der Waals surface area contributed by atoms with Crippen LogP contribution < -0.4 is 10.6 Å². The summed E-state index contributed by atoms with van der Waals surface area (Å²) in [5.74, 6) is 0.953.